The molecule has 0 saturated heterocycles. The van der Waals surface area contributed by atoms with Gasteiger partial charge in [-0.25, -0.2) is 8.78 Å². The number of nitrogens with two attached hydrogens (primary N) is 2. The predicted molar refractivity (Wildman–Crippen MR) is 209 cm³/mol. The third-order valence-corrected chi connectivity index (χ3v) is 11.6. The molecular formula is C35H40BBrCl4F2N3O2S. The number of nitrogens with zero attached hydrogens (tertiary/aromatic N) is 1. The molecule has 0 aromatic heterocycles. The minimum atomic E-state index is -0.513. The Morgan fingerprint density at radius 3 is 1.88 bits per heavy atom. The summed E-state index contributed by atoms with van der Waals surface area (Å²) >= 11 is 28.7. The van der Waals surface area contributed by atoms with E-state index in [9.17, 15) is 18.4 Å². The molecule has 0 aliphatic heterocycles. The van der Waals surface area contributed by atoms with Gasteiger partial charge in [-0.15, -0.1) is 23.2 Å². The van der Waals surface area contributed by atoms with E-state index in [2.05, 4.69) is 54.5 Å². The van der Waals surface area contributed by atoms with Crippen LogP contribution in [0.3, 0.4) is 0 Å². The first-order valence-corrected chi connectivity index (χ1v) is 19.1. The van der Waals surface area contributed by atoms with Gasteiger partial charge in [0.15, 0.2) is 11.6 Å². The van der Waals surface area contributed by atoms with Gasteiger partial charge in [0.2, 0.25) is 0 Å². The molecule has 0 heterocycles. The molecule has 4 aliphatic carbocycles. The molecule has 0 amide bonds. The third-order valence-electron chi connectivity index (χ3n) is 9.87. The molecule has 5 nitrogen and oxygen atoms in total. The molecule has 0 saturated carbocycles. The number of benzene rings is 2. The van der Waals surface area contributed by atoms with Crippen LogP contribution in [0.25, 0.3) is 11.1 Å². The van der Waals surface area contributed by atoms with Gasteiger partial charge in [0.05, 0.1) is 31.2 Å². The zero-order valence-electron chi connectivity index (χ0n) is 27.5. The summed E-state index contributed by atoms with van der Waals surface area (Å²) in [4.78, 5) is 24.0. The van der Waals surface area contributed by atoms with Crippen molar-refractivity contribution in [3.8, 4) is 0 Å². The number of anilines is 2. The number of Topliss-reactive ketones (excluding diaryl/α,β-unsaturated/α-hetero) is 1. The Kier molecular flexibility index (Phi) is 15.7. The van der Waals surface area contributed by atoms with Gasteiger partial charge in [0.1, 0.15) is 11.6 Å². The van der Waals surface area contributed by atoms with Crippen LogP contribution in [0, 0.1) is 22.5 Å². The molecule has 0 fully saturated rings. The fourth-order valence-electron chi connectivity index (χ4n) is 7.53. The Bertz CT molecular complexity index is 1680. The maximum absolute atomic E-state index is 14.1. The summed E-state index contributed by atoms with van der Waals surface area (Å²) in [6, 6.07) is 2.90. The first-order valence-electron chi connectivity index (χ1n) is 16.1. The molecule has 6 rings (SSSR count). The quantitative estimate of drug-likeness (QED) is 0.117. The Morgan fingerprint density at radius 1 is 0.898 bits per heavy atom. The van der Waals surface area contributed by atoms with Crippen molar-refractivity contribution < 1.29 is 18.4 Å². The summed E-state index contributed by atoms with van der Waals surface area (Å²) in [5.41, 5.74) is 16.6. The summed E-state index contributed by atoms with van der Waals surface area (Å²) in [7, 11) is 4.34. The van der Waals surface area contributed by atoms with Gasteiger partial charge in [0.25, 0.3) is 0 Å². The van der Waals surface area contributed by atoms with Crippen LogP contribution in [-0.4, -0.2) is 24.5 Å². The van der Waals surface area contributed by atoms with Gasteiger partial charge in [-0.3, -0.25) is 9.59 Å². The van der Waals surface area contributed by atoms with Gasteiger partial charge < -0.3 is 11.5 Å². The summed E-state index contributed by atoms with van der Waals surface area (Å²) in [5, 5.41) is 0.823. The zero-order valence-corrected chi connectivity index (χ0v) is 33.0. The van der Waals surface area contributed by atoms with Crippen LogP contribution in [0.2, 0.25) is 10.0 Å². The van der Waals surface area contributed by atoms with Crippen molar-refractivity contribution in [2.75, 3.05) is 16.8 Å². The number of hydrogen-bond donors (Lipinski definition) is 3. The first-order chi connectivity index (χ1) is 23.2. The summed E-state index contributed by atoms with van der Waals surface area (Å²) in [6.45, 7) is 4.30. The molecule has 1 radical (unpaired) electrons. The van der Waals surface area contributed by atoms with Crippen LogP contribution in [0.5, 0.6) is 0 Å². The maximum atomic E-state index is 14.1. The molecule has 2 unspecified atom stereocenters. The number of alkyl halides is 2. The number of thiol groups is 1. The van der Waals surface area contributed by atoms with E-state index in [1.54, 1.807) is 6.08 Å². The van der Waals surface area contributed by atoms with Crippen molar-refractivity contribution in [2.45, 2.75) is 90.9 Å². The number of unbranched alkanes of at least 4 members (excludes halogenated alkanes) is 2. The number of ketones is 2. The molecule has 0 spiro atoms. The van der Waals surface area contributed by atoms with E-state index >= 15 is 0 Å². The van der Waals surface area contributed by atoms with E-state index in [0.717, 1.165) is 97.6 Å². The van der Waals surface area contributed by atoms with Gasteiger partial charge in [-0.2, -0.15) is 0 Å². The molecule has 4 N–H and O–H groups in total. The van der Waals surface area contributed by atoms with E-state index < -0.39 is 11.6 Å². The van der Waals surface area contributed by atoms with Crippen molar-refractivity contribution in [3.05, 3.63) is 66.6 Å². The Hall–Kier alpha value is -1.43. The number of carbonyl (C=O) groups is 2. The van der Waals surface area contributed by atoms with Gasteiger partial charge in [-0.1, -0.05) is 62.7 Å². The number of hydrogen-bond acceptors (Lipinski definition) is 6. The fraction of sp³-hybridized carbons (Fsp3) is 0.486. The van der Waals surface area contributed by atoms with E-state index in [-0.39, 0.29) is 39.1 Å². The van der Waals surface area contributed by atoms with Crippen LogP contribution < -0.4 is 11.5 Å². The van der Waals surface area contributed by atoms with Crippen LogP contribution >= 0.6 is 75.1 Å². The second-order valence-corrected chi connectivity index (χ2v) is 15.3. The molecule has 2 aromatic carbocycles. The van der Waals surface area contributed by atoms with Crippen LogP contribution in [0.4, 0.5) is 20.2 Å². The van der Waals surface area contributed by atoms with Crippen molar-refractivity contribution in [3.63, 3.8) is 0 Å². The molecule has 0 bridgehead atoms. The topological polar surface area (TPSA) is 98.5 Å². The number of fused-ring (bicyclic) bond motifs is 6. The standard InChI is InChI=1S/C17H18BrClFNO.C17H19ClFNO.CH2Cl2.BHNS/c1-2-3-5-17-6-4-12(22)14(18)13(17)9-7-11(20)16(21)15(19)10(9)8-17;1-2-3-5-17-6-4-10(21)7-13(17)11-8-14(19)16(20)15(18)12(11)9-17;2-1-3;1-2-3/h7H,2-6,8,21H2,1H3;7-8H,2-6,9,20H2,1H3;1H2;3H. The molecule has 2 aromatic rings. The monoisotopic (exact) mass is 834 g/mol. The Morgan fingerprint density at radius 2 is 1.35 bits per heavy atom. The second kappa shape index (κ2) is 18.4. The summed E-state index contributed by atoms with van der Waals surface area (Å²) < 4.78 is 31.3. The van der Waals surface area contributed by atoms with Crippen molar-refractivity contribution in [1.82, 2.24) is 0 Å². The third kappa shape index (κ3) is 8.80. The van der Waals surface area contributed by atoms with Crippen molar-refractivity contribution >= 4 is 117 Å². The van der Waals surface area contributed by atoms with E-state index in [1.165, 1.54) is 12.1 Å². The average Bonchev–Trinajstić information content (AvgIpc) is 3.57. The first kappa shape index (κ1) is 42.0. The predicted octanol–water partition coefficient (Wildman–Crippen LogP) is 11.4. The molecule has 4 aliphatic rings. The van der Waals surface area contributed by atoms with Gasteiger partial charge in [0, 0.05) is 23.7 Å². The van der Waals surface area contributed by atoms with Crippen molar-refractivity contribution in [2.24, 2.45) is 15.1 Å². The number of carbonyl (C=O) groups excluding carboxylic acids is 2. The van der Waals surface area contributed by atoms with Crippen LogP contribution in [0.15, 0.2) is 27.0 Å². The van der Waals surface area contributed by atoms with Gasteiger partial charge >= 0.3 is 24.8 Å². The molecule has 2 atom stereocenters. The minimum absolute atomic E-state index is 0.00718. The molecular weight excluding hydrogens is 797 g/mol. The average molecular weight is 837 g/mol. The number of rotatable bonds is 6. The van der Waals surface area contributed by atoms with Gasteiger partial charge in [-0.05, 0) is 106 Å². The normalized spacial score (nSPS) is 21.4. The summed E-state index contributed by atoms with van der Waals surface area (Å²) in [6.07, 6.45) is 12.3. The Balaban J connectivity index is 0.000000229. The van der Waals surface area contributed by atoms with Crippen molar-refractivity contribution in [1.29, 1.82) is 0 Å². The van der Waals surface area contributed by atoms with E-state index in [0.29, 0.717) is 27.4 Å². The number of halogens is 7. The Labute approximate surface area is 322 Å². The molecule has 49 heavy (non-hydrogen) atoms. The van der Waals surface area contributed by atoms with Crippen LogP contribution in [-0.2, 0) is 22.4 Å². The zero-order chi connectivity index (χ0) is 36.7. The fourth-order valence-corrected chi connectivity index (χ4v) is 8.88. The van der Waals surface area contributed by atoms with Crippen LogP contribution in [0.1, 0.15) is 100 Å². The van der Waals surface area contributed by atoms with E-state index in [4.69, 9.17) is 57.9 Å². The summed E-state index contributed by atoms with van der Waals surface area (Å²) in [5.74, 6) is -0.800. The number of allylic oxidation sites excluding steroid dienone is 4. The molecule has 265 valence electrons. The van der Waals surface area contributed by atoms with E-state index in [1.807, 2.05) is 0 Å². The SMILES string of the molecule is CCCCC12CCC(=O)C(Br)=C1c1cc(F)c(N)c(Cl)c1C2.CCCCC12CCC(=O)C=C1c1cc(F)c(N)c(Cl)c1C2.ClCCl.[B]=NS. The molecule has 14 heteroatoms. The second-order valence-electron chi connectivity index (χ2n) is 12.7. The number of nitrogen functional groups attached to an aromatic ring is 2.